The molecular formula is C19H24ClN3O. The largest absolute Gasteiger partial charge is 0.355 e. The molecule has 0 aliphatic carbocycles. The van der Waals surface area contributed by atoms with Crippen molar-refractivity contribution in [2.24, 2.45) is 0 Å². The molecule has 0 spiro atoms. The van der Waals surface area contributed by atoms with Crippen LogP contribution in [-0.4, -0.2) is 24.5 Å². The van der Waals surface area contributed by atoms with Crippen molar-refractivity contribution in [1.82, 2.24) is 10.6 Å². The number of piperidine rings is 1. The van der Waals surface area contributed by atoms with Gasteiger partial charge in [-0.05, 0) is 50.6 Å². The molecule has 24 heavy (non-hydrogen) atoms. The van der Waals surface area contributed by atoms with Crippen LogP contribution in [0, 0.1) is 0 Å². The molecule has 1 heterocycles. The Balaban J connectivity index is 0.00000208. The first-order valence-electron chi connectivity index (χ1n) is 8.18. The summed E-state index contributed by atoms with van der Waals surface area (Å²) in [4.78, 5) is 12.7. The summed E-state index contributed by atoms with van der Waals surface area (Å²) in [5.41, 5.74) is 2.49. The second-order valence-corrected chi connectivity index (χ2v) is 6.09. The minimum Gasteiger partial charge on any atom is -0.355 e. The first-order chi connectivity index (χ1) is 11.2. The van der Waals surface area contributed by atoms with Gasteiger partial charge in [-0.25, -0.2) is 0 Å². The lowest BCUT2D eigenvalue weighted by Gasteiger charge is -2.28. The zero-order valence-electron chi connectivity index (χ0n) is 13.8. The fraction of sp³-hybridized carbons (Fsp3) is 0.316. The van der Waals surface area contributed by atoms with Crippen molar-refractivity contribution in [1.29, 1.82) is 0 Å². The highest BCUT2D eigenvalue weighted by atomic mass is 35.5. The van der Waals surface area contributed by atoms with Crippen molar-refractivity contribution in [2.45, 2.75) is 31.8 Å². The number of nitrogens with one attached hydrogen (secondary N) is 3. The minimum absolute atomic E-state index is 0. The number of hydrogen-bond donors (Lipinski definition) is 3. The SMILES string of the molecule is CC1CC(NC(=O)c2ccccc2Nc2ccccc2)CCN1.Cl. The number of anilines is 2. The maximum absolute atomic E-state index is 12.7. The molecule has 2 atom stereocenters. The summed E-state index contributed by atoms with van der Waals surface area (Å²) in [7, 11) is 0. The summed E-state index contributed by atoms with van der Waals surface area (Å²) in [5.74, 6) is -0.0110. The average molecular weight is 346 g/mol. The summed E-state index contributed by atoms with van der Waals surface area (Å²) in [5, 5.41) is 9.90. The molecule has 2 aromatic carbocycles. The van der Waals surface area contributed by atoms with E-state index in [1.165, 1.54) is 0 Å². The molecule has 0 radical (unpaired) electrons. The molecule has 1 aliphatic rings. The normalized spacial score (nSPS) is 19.9. The van der Waals surface area contributed by atoms with Gasteiger partial charge in [0.15, 0.2) is 0 Å². The van der Waals surface area contributed by atoms with E-state index in [0.29, 0.717) is 11.6 Å². The fourth-order valence-corrected chi connectivity index (χ4v) is 2.99. The Morgan fingerprint density at radius 3 is 2.54 bits per heavy atom. The van der Waals surface area contributed by atoms with E-state index in [-0.39, 0.29) is 24.4 Å². The van der Waals surface area contributed by atoms with Gasteiger partial charge in [0.2, 0.25) is 0 Å². The van der Waals surface area contributed by atoms with Crippen LogP contribution < -0.4 is 16.0 Å². The van der Waals surface area contributed by atoms with Gasteiger partial charge >= 0.3 is 0 Å². The molecule has 4 nitrogen and oxygen atoms in total. The van der Waals surface area contributed by atoms with Gasteiger partial charge in [0.1, 0.15) is 0 Å². The number of hydrogen-bond acceptors (Lipinski definition) is 3. The van der Waals surface area contributed by atoms with Crippen LogP contribution >= 0.6 is 12.4 Å². The number of halogens is 1. The second-order valence-electron chi connectivity index (χ2n) is 6.09. The second kappa shape index (κ2) is 8.71. The van der Waals surface area contributed by atoms with E-state index in [4.69, 9.17) is 0 Å². The zero-order chi connectivity index (χ0) is 16.1. The van der Waals surface area contributed by atoms with E-state index in [1.54, 1.807) is 0 Å². The van der Waals surface area contributed by atoms with Crippen molar-refractivity contribution in [3.8, 4) is 0 Å². The fourth-order valence-electron chi connectivity index (χ4n) is 2.99. The van der Waals surface area contributed by atoms with Crippen LogP contribution in [0.5, 0.6) is 0 Å². The summed E-state index contributed by atoms with van der Waals surface area (Å²) >= 11 is 0. The van der Waals surface area contributed by atoms with Gasteiger partial charge < -0.3 is 16.0 Å². The Hall–Kier alpha value is -2.04. The van der Waals surface area contributed by atoms with Gasteiger partial charge in [-0.15, -0.1) is 12.4 Å². The van der Waals surface area contributed by atoms with Gasteiger partial charge in [0.05, 0.1) is 11.3 Å². The first kappa shape index (κ1) is 18.3. The number of carbonyl (C=O) groups is 1. The summed E-state index contributed by atoms with van der Waals surface area (Å²) < 4.78 is 0. The standard InChI is InChI=1S/C19H23N3O.ClH/c1-14-13-16(11-12-20-14)22-19(23)17-9-5-6-10-18(17)21-15-7-3-2-4-8-15;/h2-10,14,16,20-21H,11-13H2,1H3,(H,22,23);1H. The van der Waals surface area contributed by atoms with Crippen LogP contribution in [-0.2, 0) is 0 Å². The van der Waals surface area contributed by atoms with E-state index in [1.807, 2.05) is 54.6 Å². The van der Waals surface area contributed by atoms with E-state index < -0.39 is 0 Å². The summed E-state index contributed by atoms with van der Waals surface area (Å²) in [6, 6.07) is 18.2. The molecule has 1 aliphatic heterocycles. The van der Waals surface area contributed by atoms with Gasteiger partial charge in [-0.1, -0.05) is 30.3 Å². The van der Waals surface area contributed by atoms with Gasteiger partial charge in [-0.3, -0.25) is 4.79 Å². The Bertz CT molecular complexity index is 663. The summed E-state index contributed by atoms with van der Waals surface area (Å²) in [6.45, 7) is 3.11. The topological polar surface area (TPSA) is 53.2 Å². The van der Waals surface area contributed by atoms with Crippen molar-refractivity contribution >= 4 is 29.7 Å². The lowest BCUT2D eigenvalue weighted by atomic mass is 10.00. The monoisotopic (exact) mass is 345 g/mol. The number of benzene rings is 2. The molecule has 0 bridgehead atoms. The molecule has 5 heteroatoms. The molecule has 1 amide bonds. The number of rotatable bonds is 4. The van der Waals surface area contributed by atoms with Crippen LogP contribution in [0.4, 0.5) is 11.4 Å². The van der Waals surface area contributed by atoms with Crippen molar-refractivity contribution < 1.29 is 4.79 Å². The smallest absolute Gasteiger partial charge is 0.253 e. The van der Waals surface area contributed by atoms with Crippen LogP contribution in [0.1, 0.15) is 30.1 Å². The van der Waals surface area contributed by atoms with Crippen molar-refractivity contribution in [2.75, 3.05) is 11.9 Å². The van der Waals surface area contributed by atoms with E-state index in [9.17, 15) is 4.79 Å². The van der Waals surface area contributed by atoms with Gasteiger partial charge in [-0.2, -0.15) is 0 Å². The number of amides is 1. The predicted molar refractivity (Wildman–Crippen MR) is 101 cm³/mol. The van der Waals surface area contributed by atoms with Crippen molar-refractivity contribution in [3.05, 3.63) is 60.2 Å². The van der Waals surface area contributed by atoms with E-state index in [2.05, 4.69) is 22.9 Å². The van der Waals surface area contributed by atoms with Gasteiger partial charge in [0.25, 0.3) is 5.91 Å². The number of carbonyl (C=O) groups excluding carboxylic acids is 1. The molecule has 3 rings (SSSR count). The van der Waals surface area contributed by atoms with Crippen LogP contribution in [0.25, 0.3) is 0 Å². The zero-order valence-corrected chi connectivity index (χ0v) is 14.6. The molecule has 2 aromatic rings. The maximum atomic E-state index is 12.7. The quantitative estimate of drug-likeness (QED) is 0.791. The molecule has 1 saturated heterocycles. The van der Waals surface area contributed by atoms with Crippen LogP contribution in [0.2, 0.25) is 0 Å². The average Bonchev–Trinajstić information content (AvgIpc) is 2.56. The minimum atomic E-state index is -0.0110. The molecule has 0 aromatic heterocycles. The lowest BCUT2D eigenvalue weighted by Crippen LogP contribution is -2.46. The molecular weight excluding hydrogens is 322 g/mol. The van der Waals surface area contributed by atoms with Crippen molar-refractivity contribution in [3.63, 3.8) is 0 Å². The Kier molecular flexibility index (Phi) is 6.64. The van der Waals surface area contributed by atoms with E-state index >= 15 is 0 Å². The maximum Gasteiger partial charge on any atom is 0.253 e. The van der Waals surface area contributed by atoms with Crippen LogP contribution in [0.3, 0.4) is 0 Å². The number of para-hydroxylation sites is 2. The Labute approximate surface area is 149 Å². The highest BCUT2D eigenvalue weighted by molar-refractivity contribution is 6.00. The lowest BCUT2D eigenvalue weighted by molar-refractivity contribution is 0.0926. The molecule has 3 N–H and O–H groups in total. The van der Waals surface area contributed by atoms with Gasteiger partial charge in [0, 0.05) is 17.8 Å². The molecule has 128 valence electrons. The highest BCUT2D eigenvalue weighted by Gasteiger charge is 2.21. The Morgan fingerprint density at radius 1 is 1.08 bits per heavy atom. The highest BCUT2D eigenvalue weighted by Crippen LogP contribution is 2.21. The first-order valence-corrected chi connectivity index (χ1v) is 8.18. The molecule has 0 saturated carbocycles. The van der Waals surface area contributed by atoms with E-state index in [0.717, 1.165) is 30.8 Å². The molecule has 2 unspecified atom stereocenters. The Morgan fingerprint density at radius 2 is 1.79 bits per heavy atom. The third-order valence-corrected chi connectivity index (χ3v) is 4.18. The molecule has 1 fully saturated rings. The predicted octanol–water partition coefficient (Wildman–Crippen LogP) is 3.72. The van der Waals surface area contributed by atoms with Crippen LogP contribution in [0.15, 0.2) is 54.6 Å². The third kappa shape index (κ3) is 4.73. The third-order valence-electron chi connectivity index (χ3n) is 4.18. The summed E-state index contributed by atoms with van der Waals surface area (Å²) in [6.07, 6.45) is 1.95.